The molecule has 2 bridgehead atoms. The summed E-state index contributed by atoms with van der Waals surface area (Å²) in [6, 6.07) is 0. The molecule has 0 aromatic rings. The standard InChI is InChI=1S/C8H5NO4/c10-5-3-1-9-2-4(5)7(12)8(13)6(3)11/h1,3-4H,2H2. The van der Waals surface area contributed by atoms with Crippen molar-refractivity contribution in [3.63, 3.8) is 0 Å². The quantitative estimate of drug-likeness (QED) is 0.338. The molecular formula is C8H5NO4. The molecule has 2 aliphatic rings. The summed E-state index contributed by atoms with van der Waals surface area (Å²) in [5, 5.41) is 0. The first-order valence-electron chi connectivity index (χ1n) is 3.79. The Balaban J connectivity index is 2.52. The number of nitrogens with zero attached hydrogens (tertiary/aromatic N) is 1. The highest BCUT2D eigenvalue weighted by Gasteiger charge is 2.49. The summed E-state index contributed by atoms with van der Waals surface area (Å²) in [5.41, 5.74) is 0. The van der Waals surface area contributed by atoms with E-state index in [2.05, 4.69) is 4.99 Å². The molecule has 2 unspecified atom stereocenters. The van der Waals surface area contributed by atoms with Gasteiger partial charge in [-0.05, 0) is 0 Å². The van der Waals surface area contributed by atoms with E-state index in [1.54, 1.807) is 0 Å². The predicted octanol–water partition coefficient (Wildman–Crippen LogP) is -1.41. The Morgan fingerprint density at radius 3 is 2.54 bits per heavy atom. The first kappa shape index (κ1) is 7.97. The number of aliphatic imine (C=N–C) groups is 1. The summed E-state index contributed by atoms with van der Waals surface area (Å²) in [4.78, 5) is 48.1. The number of hydrogen-bond acceptors (Lipinski definition) is 5. The van der Waals surface area contributed by atoms with Gasteiger partial charge in [-0.15, -0.1) is 0 Å². The van der Waals surface area contributed by atoms with Crippen LogP contribution in [-0.4, -0.2) is 35.9 Å². The second-order valence-corrected chi connectivity index (χ2v) is 3.00. The van der Waals surface area contributed by atoms with Gasteiger partial charge in [0.2, 0.25) is 11.6 Å². The average molecular weight is 179 g/mol. The molecule has 1 saturated carbocycles. The monoisotopic (exact) mass is 179 g/mol. The number of rotatable bonds is 0. The first-order valence-corrected chi connectivity index (χ1v) is 3.79. The fourth-order valence-electron chi connectivity index (χ4n) is 1.48. The molecule has 0 aromatic heterocycles. The fourth-order valence-corrected chi connectivity index (χ4v) is 1.48. The first-order chi connectivity index (χ1) is 6.13. The topological polar surface area (TPSA) is 80.6 Å². The third kappa shape index (κ3) is 0.898. The molecule has 1 heterocycles. The lowest BCUT2D eigenvalue weighted by atomic mass is 9.76. The highest BCUT2D eigenvalue weighted by atomic mass is 16.2. The Hall–Kier alpha value is -1.65. The van der Waals surface area contributed by atoms with Crippen LogP contribution in [0.2, 0.25) is 0 Å². The zero-order chi connectivity index (χ0) is 9.59. The number of carbonyl (C=O) groups is 4. The molecule has 13 heavy (non-hydrogen) atoms. The van der Waals surface area contributed by atoms with Gasteiger partial charge in [0.15, 0.2) is 5.78 Å². The van der Waals surface area contributed by atoms with Gasteiger partial charge < -0.3 is 0 Å². The highest BCUT2D eigenvalue weighted by Crippen LogP contribution is 2.20. The lowest BCUT2D eigenvalue weighted by molar-refractivity contribution is -0.153. The van der Waals surface area contributed by atoms with Gasteiger partial charge in [-0.3, -0.25) is 24.2 Å². The Bertz CT molecular complexity index is 368. The minimum Gasteiger partial charge on any atom is -0.298 e. The summed E-state index contributed by atoms with van der Waals surface area (Å²) in [6.45, 7) is 0.00713. The molecule has 2 rings (SSSR count). The van der Waals surface area contributed by atoms with E-state index in [-0.39, 0.29) is 6.54 Å². The van der Waals surface area contributed by atoms with E-state index in [4.69, 9.17) is 0 Å². The molecule has 2 atom stereocenters. The van der Waals surface area contributed by atoms with E-state index in [0.29, 0.717) is 0 Å². The van der Waals surface area contributed by atoms with Crippen molar-refractivity contribution in [2.75, 3.05) is 6.54 Å². The molecule has 0 radical (unpaired) electrons. The van der Waals surface area contributed by atoms with Gasteiger partial charge in [0.25, 0.3) is 5.78 Å². The van der Waals surface area contributed by atoms with Crippen molar-refractivity contribution in [3.8, 4) is 0 Å². The maximum Gasteiger partial charge on any atom is 0.266 e. The number of Topliss-reactive ketones (excluding diaryl/α,β-unsaturated/α-hetero) is 4. The number of ketones is 4. The highest BCUT2D eigenvalue weighted by molar-refractivity contribution is 6.71. The zero-order valence-corrected chi connectivity index (χ0v) is 6.52. The van der Waals surface area contributed by atoms with Gasteiger partial charge in [-0.2, -0.15) is 0 Å². The molecular weight excluding hydrogens is 174 g/mol. The average Bonchev–Trinajstić information content (AvgIpc) is 2.13. The third-order valence-electron chi connectivity index (χ3n) is 2.24. The van der Waals surface area contributed by atoms with Crippen LogP contribution in [0.3, 0.4) is 0 Å². The van der Waals surface area contributed by atoms with Crippen LogP contribution in [0.25, 0.3) is 0 Å². The minimum absolute atomic E-state index is 0.00713. The van der Waals surface area contributed by atoms with Crippen molar-refractivity contribution < 1.29 is 19.2 Å². The molecule has 0 saturated heterocycles. The van der Waals surface area contributed by atoms with Crippen molar-refractivity contribution >= 4 is 29.3 Å². The van der Waals surface area contributed by atoms with Crippen LogP contribution < -0.4 is 0 Å². The van der Waals surface area contributed by atoms with Crippen LogP contribution in [0.4, 0.5) is 0 Å². The Labute approximate surface area is 72.8 Å². The molecule has 0 amide bonds. The summed E-state index contributed by atoms with van der Waals surface area (Å²) in [6.07, 6.45) is 1.16. The second kappa shape index (κ2) is 2.42. The lowest BCUT2D eigenvalue weighted by Gasteiger charge is -2.24. The van der Waals surface area contributed by atoms with Gasteiger partial charge in [0.1, 0.15) is 11.8 Å². The third-order valence-corrected chi connectivity index (χ3v) is 2.24. The van der Waals surface area contributed by atoms with E-state index in [1.165, 1.54) is 0 Å². The van der Waals surface area contributed by atoms with Gasteiger partial charge in [-0.25, -0.2) is 0 Å². The molecule has 5 heteroatoms. The van der Waals surface area contributed by atoms with Crippen LogP contribution in [0.5, 0.6) is 0 Å². The zero-order valence-electron chi connectivity index (χ0n) is 6.52. The van der Waals surface area contributed by atoms with E-state index >= 15 is 0 Å². The van der Waals surface area contributed by atoms with Crippen molar-refractivity contribution in [2.24, 2.45) is 16.8 Å². The maximum absolute atomic E-state index is 11.3. The Morgan fingerprint density at radius 1 is 1.15 bits per heavy atom. The fraction of sp³-hybridized carbons (Fsp3) is 0.375. The summed E-state index contributed by atoms with van der Waals surface area (Å²) < 4.78 is 0. The van der Waals surface area contributed by atoms with Crippen molar-refractivity contribution in [1.82, 2.24) is 0 Å². The van der Waals surface area contributed by atoms with Gasteiger partial charge >= 0.3 is 0 Å². The smallest absolute Gasteiger partial charge is 0.266 e. The van der Waals surface area contributed by atoms with Gasteiger partial charge in [-0.1, -0.05) is 0 Å². The van der Waals surface area contributed by atoms with Crippen molar-refractivity contribution in [3.05, 3.63) is 0 Å². The van der Waals surface area contributed by atoms with E-state index in [9.17, 15) is 19.2 Å². The molecule has 5 nitrogen and oxygen atoms in total. The molecule has 1 fully saturated rings. The van der Waals surface area contributed by atoms with Crippen LogP contribution in [0, 0.1) is 11.8 Å². The maximum atomic E-state index is 11.3. The summed E-state index contributed by atoms with van der Waals surface area (Å²) >= 11 is 0. The van der Waals surface area contributed by atoms with Crippen molar-refractivity contribution in [2.45, 2.75) is 0 Å². The SMILES string of the molecule is O=C1C(=O)C2C=NCC(C1=O)C2=O. The normalized spacial score (nSPS) is 32.6. The van der Waals surface area contributed by atoms with Crippen LogP contribution >= 0.6 is 0 Å². The Kier molecular flexibility index (Phi) is 1.48. The van der Waals surface area contributed by atoms with Gasteiger partial charge in [0, 0.05) is 6.21 Å². The molecule has 1 aliphatic carbocycles. The van der Waals surface area contributed by atoms with E-state index < -0.39 is 35.0 Å². The van der Waals surface area contributed by atoms with Crippen LogP contribution in [0.15, 0.2) is 4.99 Å². The number of fused-ring (bicyclic) bond motifs is 2. The summed E-state index contributed by atoms with van der Waals surface area (Å²) in [7, 11) is 0. The minimum atomic E-state index is -1.09. The molecule has 0 N–H and O–H groups in total. The largest absolute Gasteiger partial charge is 0.298 e. The lowest BCUT2D eigenvalue weighted by Crippen LogP contribution is -2.52. The van der Waals surface area contributed by atoms with Gasteiger partial charge in [0.05, 0.1) is 6.54 Å². The molecule has 0 aromatic carbocycles. The summed E-state index contributed by atoms with van der Waals surface area (Å²) in [5.74, 6) is -5.47. The van der Waals surface area contributed by atoms with Crippen LogP contribution in [0.1, 0.15) is 0 Å². The number of carbonyl (C=O) groups excluding carboxylic acids is 4. The number of hydrogen-bond donors (Lipinski definition) is 0. The van der Waals surface area contributed by atoms with Crippen molar-refractivity contribution in [1.29, 1.82) is 0 Å². The van der Waals surface area contributed by atoms with E-state index in [0.717, 1.165) is 6.21 Å². The predicted molar refractivity (Wildman–Crippen MR) is 40.4 cm³/mol. The molecule has 66 valence electrons. The molecule has 1 aliphatic heterocycles. The second-order valence-electron chi connectivity index (χ2n) is 3.00. The van der Waals surface area contributed by atoms with Crippen LogP contribution in [-0.2, 0) is 19.2 Å². The molecule has 0 spiro atoms. The van der Waals surface area contributed by atoms with E-state index in [1.807, 2.05) is 0 Å². The Morgan fingerprint density at radius 2 is 1.85 bits per heavy atom.